The first kappa shape index (κ1) is 31.7. The number of non-ortho nitro benzene ring substituents is 1. The van der Waals surface area contributed by atoms with Crippen molar-refractivity contribution in [3.8, 4) is 5.75 Å². The van der Waals surface area contributed by atoms with E-state index >= 15 is 0 Å². The van der Waals surface area contributed by atoms with Crippen LogP contribution in [0.4, 0.5) is 5.69 Å². The van der Waals surface area contributed by atoms with Crippen molar-refractivity contribution in [1.82, 2.24) is 10.0 Å². The van der Waals surface area contributed by atoms with Crippen LogP contribution < -0.4 is 4.74 Å². The lowest BCUT2D eigenvalue weighted by atomic mass is 9.81. The van der Waals surface area contributed by atoms with E-state index in [1.54, 1.807) is 24.3 Å². The molecule has 0 spiro atoms. The number of hydrogen-bond donors (Lipinski definition) is 0. The molecule has 14 heteroatoms. The number of ether oxygens (including phenoxy) is 1. The predicted octanol–water partition coefficient (Wildman–Crippen LogP) is 5.74. The Bertz CT molecular complexity index is 1620. The lowest BCUT2D eigenvalue weighted by Crippen LogP contribution is -2.52. The number of fused-ring (bicyclic) bond motifs is 1. The van der Waals surface area contributed by atoms with Crippen LogP contribution in [0.25, 0.3) is 0 Å². The molecule has 11 nitrogen and oxygen atoms in total. The van der Waals surface area contributed by atoms with Gasteiger partial charge in [-0.25, -0.2) is 9.80 Å². The fourth-order valence-electron chi connectivity index (χ4n) is 5.11. The molecule has 3 amide bonds. The minimum atomic E-state index is -0.848. The smallest absolute Gasteiger partial charge is 0.343 e. The minimum Gasteiger partial charge on any atom is -0.423 e. The van der Waals surface area contributed by atoms with Crippen LogP contribution in [0.1, 0.15) is 43.9 Å². The molecule has 1 saturated heterocycles. The van der Waals surface area contributed by atoms with Gasteiger partial charge < -0.3 is 4.74 Å². The molecule has 0 radical (unpaired) electrons. The van der Waals surface area contributed by atoms with Crippen LogP contribution in [0.5, 0.6) is 5.75 Å². The van der Waals surface area contributed by atoms with E-state index in [4.69, 9.17) is 4.74 Å². The molecule has 3 aromatic carbocycles. The number of benzene rings is 3. The molecule has 1 aliphatic heterocycles. The number of imide groups is 1. The summed E-state index contributed by atoms with van der Waals surface area (Å²) in [7, 11) is 0. The largest absolute Gasteiger partial charge is 0.423 e. The number of hydrazine groups is 1. The second-order valence-corrected chi connectivity index (χ2v) is 13.5. The third-order valence-corrected chi connectivity index (χ3v) is 10.7. The molecular formula is C30H22Br3N3O8. The number of nitrogens with zero attached hydrogens (tertiary/aromatic N) is 3. The number of hydrogen-bond acceptors (Lipinski definition) is 8. The number of carbonyl (C=O) groups excluding carboxylic acids is 5. The Labute approximate surface area is 276 Å². The molecule has 44 heavy (non-hydrogen) atoms. The number of Topliss-reactive ketones (excluding diaryl/α,β-unsaturated/α-hetero) is 1. The molecule has 0 bridgehead atoms. The summed E-state index contributed by atoms with van der Waals surface area (Å²) in [5.41, 5.74) is 0.154. The van der Waals surface area contributed by atoms with Crippen molar-refractivity contribution >= 4 is 83.0 Å². The maximum Gasteiger partial charge on any atom is 0.343 e. The van der Waals surface area contributed by atoms with E-state index in [1.807, 2.05) is 0 Å². The Morgan fingerprint density at radius 2 is 1.32 bits per heavy atom. The van der Waals surface area contributed by atoms with Gasteiger partial charge in [-0.15, -0.1) is 0 Å². The first-order chi connectivity index (χ1) is 20.9. The van der Waals surface area contributed by atoms with Crippen molar-refractivity contribution in [1.29, 1.82) is 0 Å². The van der Waals surface area contributed by atoms with Gasteiger partial charge >= 0.3 is 5.97 Å². The van der Waals surface area contributed by atoms with E-state index in [2.05, 4.69) is 47.8 Å². The summed E-state index contributed by atoms with van der Waals surface area (Å²) < 4.78 is 6.18. The van der Waals surface area contributed by atoms with Crippen molar-refractivity contribution in [3.63, 3.8) is 0 Å². The molecule has 3 aromatic rings. The van der Waals surface area contributed by atoms with Crippen LogP contribution in [0, 0.1) is 22.0 Å². The van der Waals surface area contributed by atoms with Crippen molar-refractivity contribution in [2.45, 2.75) is 22.5 Å². The Hall–Kier alpha value is -3.75. The number of amides is 3. The lowest BCUT2D eigenvalue weighted by molar-refractivity contribution is -0.384. The maximum atomic E-state index is 13.7. The molecule has 226 valence electrons. The highest BCUT2D eigenvalue weighted by molar-refractivity contribution is 9.12. The van der Waals surface area contributed by atoms with Gasteiger partial charge in [0.2, 0.25) is 0 Å². The highest BCUT2D eigenvalue weighted by atomic mass is 79.9. The van der Waals surface area contributed by atoms with Gasteiger partial charge in [-0.1, -0.05) is 47.8 Å². The van der Waals surface area contributed by atoms with Gasteiger partial charge in [0.05, 0.1) is 22.3 Å². The summed E-state index contributed by atoms with van der Waals surface area (Å²) in [6.07, 6.45) is 0.713. The van der Waals surface area contributed by atoms with Crippen molar-refractivity contribution in [2.75, 3.05) is 6.54 Å². The topological polar surface area (TPSA) is 144 Å². The Morgan fingerprint density at radius 3 is 1.84 bits per heavy atom. The maximum absolute atomic E-state index is 13.7. The summed E-state index contributed by atoms with van der Waals surface area (Å²) in [4.78, 5) is 77.1. The summed E-state index contributed by atoms with van der Waals surface area (Å²) in [5, 5.41) is 12.7. The van der Waals surface area contributed by atoms with Crippen molar-refractivity contribution in [3.05, 3.63) is 104 Å². The Balaban J connectivity index is 1.39. The van der Waals surface area contributed by atoms with E-state index in [0.29, 0.717) is 18.4 Å². The Morgan fingerprint density at radius 1 is 0.818 bits per heavy atom. The molecule has 1 saturated carbocycles. The van der Waals surface area contributed by atoms with Gasteiger partial charge in [0, 0.05) is 37.4 Å². The monoisotopic (exact) mass is 789 g/mol. The quantitative estimate of drug-likeness (QED) is 0.0535. The number of carbonyl (C=O) groups is 5. The molecule has 1 heterocycles. The van der Waals surface area contributed by atoms with Gasteiger partial charge in [0.1, 0.15) is 12.3 Å². The molecular weight excluding hydrogens is 770 g/mol. The molecule has 5 rings (SSSR count). The summed E-state index contributed by atoms with van der Waals surface area (Å²) in [6.45, 7) is -0.666. The summed E-state index contributed by atoms with van der Waals surface area (Å²) >= 11 is 10.4. The molecule has 2 aliphatic rings. The first-order valence-corrected chi connectivity index (χ1v) is 15.9. The summed E-state index contributed by atoms with van der Waals surface area (Å²) in [6, 6.07) is 16.9. The zero-order valence-corrected chi connectivity index (χ0v) is 27.4. The number of ketones is 1. The second kappa shape index (κ2) is 13.1. The van der Waals surface area contributed by atoms with E-state index < -0.39 is 52.8 Å². The van der Waals surface area contributed by atoms with E-state index in [1.165, 1.54) is 36.4 Å². The highest BCUT2D eigenvalue weighted by Crippen LogP contribution is 2.43. The van der Waals surface area contributed by atoms with Crippen LogP contribution in [0.3, 0.4) is 0 Å². The molecule has 0 unspecified atom stereocenters. The standard InChI is InChI=1S/C30H22Br3N3O8/c31-19-7-1-18(2-8-19)30(41)44-21-11-5-16(6-12-21)26(37)15-34(27(38)17-3-9-20(10-4-17)36(42)43)35-28(39)22-13-24(32)25(33)14-23(22)29(35)40/h1-12,22-25H,13-15H2/t22-,23-,24-,25+/m1/s1. The highest BCUT2D eigenvalue weighted by Gasteiger charge is 2.54. The van der Waals surface area contributed by atoms with Crippen molar-refractivity contribution in [2.24, 2.45) is 11.8 Å². The summed E-state index contributed by atoms with van der Waals surface area (Å²) in [5.74, 6) is -4.41. The number of alkyl halides is 2. The predicted molar refractivity (Wildman–Crippen MR) is 168 cm³/mol. The third kappa shape index (κ3) is 6.52. The zero-order valence-electron chi connectivity index (χ0n) is 22.6. The fourth-order valence-corrected chi connectivity index (χ4v) is 6.61. The van der Waals surface area contributed by atoms with Crippen LogP contribution in [-0.2, 0) is 9.59 Å². The average molecular weight is 792 g/mol. The molecule has 1 aliphatic carbocycles. The van der Waals surface area contributed by atoms with E-state index in [9.17, 15) is 34.1 Å². The van der Waals surface area contributed by atoms with Crippen LogP contribution in [-0.4, -0.2) is 60.6 Å². The van der Waals surface area contributed by atoms with E-state index in [-0.39, 0.29) is 32.2 Å². The Kier molecular flexibility index (Phi) is 9.42. The van der Waals surface area contributed by atoms with Gasteiger partial charge in [0.15, 0.2) is 5.78 Å². The number of rotatable bonds is 8. The first-order valence-electron chi connectivity index (χ1n) is 13.3. The van der Waals surface area contributed by atoms with Crippen LogP contribution in [0.15, 0.2) is 77.3 Å². The van der Waals surface area contributed by atoms with E-state index in [0.717, 1.165) is 26.6 Å². The van der Waals surface area contributed by atoms with Gasteiger partial charge in [-0.05, 0) is 73.5 Å². The molecule has 2 fully saturated rings. The van der Waals surface area contributed by atoms with Gasteiger partial charge in [0.25, 0.3) is 23.4 Å². The third-order valence-electron chi connectivity index (χ3n) is 7.45. The zero-order chi connectivity index (χ0) is 31.7. The number of esters is 1. The number of halogens is 3. The van der Waals surface area contributed by atoms with Gasteiger partial charge in [-0.3, -0.25) is 29.3 Å². The number of nitro groups is 1. The van der Waals surface area contributed by atoms with Crippen molar-refractivity contribution < 1.29 is 33.6 Å². The normalized spacial score (nSPS) is 21.0. The SMILES string of the molecule is O=C(CN(C(=O)c1ccc([N+](=O)[O-])cc1)N1C(=O)[C@@H]2C[C@@H](Br)[C@@H](Br)C[C@H]2C1=O)c1ccc(OC(=O)c2ccc(Br)cc2)cc1. The molecule has 0 N–H and O–H groups in total. The minimum absolute atomic E-state index is 0.0502. The average Bonchev–Trinajstić information content (AvgIpc) is 3.24. The molecule has 0 aromatic heterocycles. The fraction of sp³-hybridized carbons (Fsp3) is 0.233. The lowest BCUT2D eigenvalue weighted by Gasteiger charge is -2.30. The number of nitro benzene ring substituents is 1. The van der Waals surface area contributed by atoms with Crippen LogP contribution >= 0.6 is 47.8 Å². The molecule has 4 atom stereocenters. The van der Waals surface area contributed by atoms with Crippen LogP contribution in [0.2, 0.25) is 0 Å². The van der Waals surface area contributed by atoms with Gasteiger partial charge in [-0.2, -0.15) is 5.01 Å². The second-order valence-electron chi connectivity index (χ2n) is 10.2.